The summed E-state index contributed by atoms with van der Waals surface area (Å²) in [7, 11) is 0. The predicted molar refractivity (Wildman–Crippen MR) is 57.2 cm³/mol. The molecule has 3 rings (SSSR count). The van der Waals surface area contributed by atoms with Gasteiger partial charge in [-0.1, -0.05) is 18.2 Å². The SMILES string of the molecule is N[C@@H]1C[C@H]1c1csc2ccccc12. The van der Waals surface area contributed by atoms with Gasteiger partial charge in [0.15, 0.2) is 0 Å². The summed E-state index contributed by atoms with van der Waals surface area (Å²) in [6, 6.07) is 8.99. The van der Waals surface area contributed by atoms with E-state index in [1.54, 1.807) is 0 Å². The topological polar surface area (TPSA) is 26.0 Å². The number of rotatable bonds is 1. The molecule has 1 fully saturated rings. The lowest BCUT2D eigenvalue weighted by Crippen LogP contribution is -2.00. The first-order chi connectivity index (χ1) is 6.36. The van der Waals surface area contributed by atoms with Crippen LogP contribution in [0.25, 0.3) is 10.1 Å². The summed E-state index contributed by atoms with van der Waals surface area (Å²) in [6.45, 7) is 0. The fourth-order valence-corrected chi connectivity index (χ4v) is 2.88. The van der Waals surface area contributed by atoms with Crippen molar-refractivity contribution in [1.29, 1.82) is 0 Å². The van der Waals surface area contributed by atoms with E-state index in [9.17, 15) is 0 Å². The smallest absolute Gasteiger partial charge is 0.0345 e. The number of nitrogens with two attached hydrogens (primary N) is 1. The van der Waals surface area contributed by atoms with Crippen molar-refractivity contribution in [3.8, 4) is 0 Å². The van der Waals surface area contributed by atoms with Crippen LogP contribution < -0.4 is 5.73 Å². The summed E-state index contributed by atoms with van der Waals surface area (Å²) < 4.78 is 1.39. The highest BCUT2D eigenvalue weighted by molar-refractivity contribution is 7.17. The summed E-state index contributed by atoms with van der Waals surface area (Å²) in [4.78, 5) is 0. The van der Waals surface area contributed by atoms with E-state index < -0.39 is 0 Å². The van der Waals surface area contributed by atoms with Crippen molar-refractivity contribution in [3.05, 3.63) is 35.2 Å². The van der Waals surface area contributed by atoms with Crippen LogP contribution in [0.2, 0.25) is 0 Å². The summed E-state index contributed by atoms with van der Waals surface area (Å²) in [5, 5.41) is 3.67. The largest absolute Gasteiger partial charge is 0.327 e. The van der Waals surface area contributed by atoms with E-state index >= 15 is 0 Å². The van der Waals surface area contributed by atoms with Crippen molar-refractivity contribution in [3.63, 3.8) is 0 Å². The third kappa shape index (κ3) is 1.10. The number of fused-ring (bicyclic) bond motifs is 1. The Morgan fingerprint density at radius 2 is 2.08 bits per heavy atom. The molecule has 1 aliphatic carbocycles. The van der Waals surface area contributed by atoms with Crippen molar-refractivity contribution >= 4 is 21.4 Å². The minimum Gasteiger partial charge on any atom is -0.327 e. The Kier molecular flexibility index (Phi) is 1.49. The molecule has 1 aromatic heterocycles. The van der Waals surface area contributed by atoms with Crippen molar-refractivity contribution in [2.45, 2.75) is 18.4 Å². The Morgan fingerprint density at radius 3 is 2.85 bits per heavy atom. The van der Waals surface area contributed by atoms with E-state index in [1.165, 1.54) is 22.1 Å². The maximum absolute atomic E-state index is 5.85. The van der Waals surface area contributed by atoms with E-state index in [0.29, 0.717) is 12.0 Å². The van der Waals surface area contributed by atoms with Crippen LogP contribution in [0.3, 0.4) is 0 Å². The van der Waals surface area contributed by atoms with Gasteiger partial charge in [-0.2, -0.15) is 0 Å². The Labute approximate surface area is 81.2 Å². The van der Waals surface area contributed by atoms with Gasteiger partial charge in [-0.05, 0) is 28.8 Å². The first-order valence-electron chi connectivity index (χ1n) is 4.58. The van der Waals surface area contributed by atoms with Gasteiger partial charge in [0.2, 0.25) is 0 Å². The van der Waals surface area contributed by atoms with Gasteiger partial charge in [0, 0.05) is 16.7 Å². The normalized spacial score (nSPS) is 26.5. The van der Waals surface area contributed by atoms with Crippen molar-refractivity contribution in [2.75, 3.05) is 0 Å². The second kappa shape index (κ2) is 2.56. The predicted octanol–water partition coefficient (Wildman–Crippen LogP) is 2.72. The van der Waals surface area contributed by atoms with E-state index in [1.807, 2.05) is 11.3 Å². The molecule has 0 spiro atoms. The molecule has 66 valence electrons. The van der Waals surface area contributed by atoms with Gasteiger partial charge in [0.25, 0.3) is 0 Å². The van der Waals surface area contributed by atoms with Gasteiger partial charge >= 0.3 is 0 Å². The second-order valence-corrected chi connectivity index (χ2v) is 4.60. The first-order valence-corrected chi connectivity index (χ1v) is 5.46. The molecule has 1 nitrogen and oxygen atoms in total. The number of hydrogen-bond donors (Lipinski definition) is 1. The summed E-state index contributed by atoms with van der Waals surface area (Å²) in [6.07, 6.45) is 1.17. The van der Waals surface area contributed by atoms with Crippen LogP contribution in [0.4, 0.5) is 0 Å². The summed E-state index contributed by atoms with van der Waals surface area (Å²) in [5.41, 5.74) is 7.32. The van der Waals surface area contributed by atoms with Gasteiger partial charge in [0.1, 0.15) is 0 Å². The Hall–Kier alpha value is -0.860. The summed E-state index contributed by atoms with van der Waals surface area (Å²) >= 11 is 1.83. The maximum atomic E-state index is 5.85. The molecule has 13 heavy (non-hydrogen) atoms. The van der Waals surface area contributed by atoms with Crippen LogP contribution in [0, 0.1) is 0 Å². The molecule has 0 unspecified atom stereocenters. The minimum absolute atomic E-state index is 0.415. The van der Waals surface area contributed by atoms with E-state index in [-0.39, 0.29) is 0 Å². The standard InChI is InChI=1S/C11H11NS/c12-10-5-8(10)9-6-13-11-4-2-1-3-7(9)11/h1-4,6,8,10H,5,12H2/t8-,10+/m0/s1. The lowest BCUT2D eigenvalue weighted by atomic mass is 10.1. The molecule has 0 amide bonds. The highest BCUT2D eigenvalue weighted by atomic mass is 32.1. The van der Waals surface area contributed by atoms with Gasteiger partial charge in [-0.15, -0.1) is 11.3 Å². The Balaban J connectivity index is 2.19. The maximum Gasteiger partial charge on any atom is 0.0345 e. The van der Waals surface area contributed by atoms with Gasteiger partial charge < -0.3 is 5.73 Å². The molecular weight excluding hydrogens is 178 g/mol. The quantitative estimate of drug-likeness (QED) is 0.733. The molecule has 2 heteroatoms. The van der Waals surface area contributed by atoms with Gasteiger partial charge in [-0.25, -0.2) is 0 Å². The fourth-order valence-electron chi connectivity index (χ4n) is 1.86. The molecule has 1 aliphatic rings. The molecule has 0 radical (unpaired) electrons. The number of hydrogen-bond acceptors (Lipinski definition) is 2. The van der Waals surface area contributed by atoms with E-state index in [4.69, 9.17) is 5.73 Å². The van der Waals surface area contributed by atoms with Crippen LogP contribution in [-0.2, 0) is 0 Å². The lowest BCUT2D eigenvalue weighted by molar-refractivity contribution is 1.00. The van der Waals surface area contributed by atoms with Crippen LogP contribution in [-0.4, -0.2) is 6.04 Å². The molecule has 1 aromatic carbocycles. The number of benzene rings is 1. The highest BCUT2D eigenvalue weighted by Gasteiger charge is 2.36. The number of thiophene rings is 1. The van der Waals surface area contributed by atoms with E-state index in [0.717, 1.165) is 0 Å². The van der Waals surface area contributed by atoms with Crippen LogP contribution in [0.1, 0.15) is 17.9 Å². The zero-order chi connectivity index (χ0) is 8.84. The van der Waals surface area contributed by atoms with Crippen LogP contribution >= 0.6 is 11.3 Å². The van der Waals surface area contributed by atoms with E-state index in [2.05, 4.69) is 29.6 Å². The fraction of sp³-hybridized carbons (Fsp3) is 0.273. The molecule has 2 N–H and O–H groups in total. The monoisotopic (exact) mass is 189 g/mol. The van der Waals surface area contributed by atoms with Crippen LogP contribution in [0.5, 0.6) is 0 Å². The van der Waals surface area contributed by atoms with Gasteiger partial charge in [0.05, 0.1) is 0 Å². The zero-order valence-electron chi connectivity index (χ0n) is 7.23. The Bertz CT molecular complexity index is 446. The molecule has 0 bridgehead atoms. The van der Waals surface area contributed by atoms with Crippen molar-refractivity contribution < 1.29 is 0 Å². The molecule has 1 saturated carbocycles. The third-order valence-corrected chi connectivity index (χ3v) is 3.73. The molecular formula is C11H11NS. The first kappa shape index (κ1) is 7.54. The Morgan fingerprint density at radius 1 is 1.31 bits per heavy atom. The summed E-state index contributed by atoms with van der Waals surface area (Å²) in [5.74, 6) is 0.635. The van der Waals surface area contributed by atoms with Crippen molar-refractivity contribution in [1.82, 2.24) is 0 Å². The second-order valence-electron chi connectivity index (χ2n) is 3.69. The lowest BCUT2D eigenvalue weighted by Gasteiger charge is -1.94. The van der Waals surface area contributed by atoms with Crippen LogP contribution in [0.15, 0.2) is 29.6 Å². The zero-order valence-corrected chi connectivity index (χ0v) is 8.05. The van der Waals surface area contributed by atoms with Crippen molar-refractivity contribution in [2.24, 2.45) is 5.73 Å². The molecule has 0 aliphatic heterocycles. The average molecular weight is 189 g/mol. The molecule has 2 atom stereocenters. The molecule has 2 aromatic rings. The average Bonchev–Trinajstić information content (AvgIpc) is 2.74. The minimum atomic E-state index is 0.415. The highest BCUT2D eigenvalue weighted by Crippen LogP contribution is 2.44. The third-order valence-electron chi connectivity index (χ3n) is 2.75. The van der Waals surface area contributed by atoms with Gasteiger partial charge in [-0.3, -0.25) is 0 Å². The molecule has 0 saturated heterocycles. The molecule has 1 heterocycles.